The first-order chi connectivity index (χ1) is 17.8. The van der Waals surface area contributed by atoms with Crippen LogP contribution < -0.4 is 10.2 Å². The zero-order chi connectivity index (χ0) is 26.1. The molecule has 5 rings (SSSR count). The van der Waals surface area contributed by atoms with Crippen molar-refractivity contribution in [3.63, 3.8) is 0 Å². The van der Waals surface area contributed by atoms with Gasteiger partial charge in [-0.1, -0.05) is 12.1 Å². The maximum atomic E-state index is 12.9. The number of ether oxygens (including phenoxy) is 1. The number of hydrogen-bond donors (Lipinski definition) is 1. The lowest BCUT2D eigenvalue weighted by Gasteiger charge is -2.31. The number of fused-ring (bicyclic) bond motifs is 1. The van der Waals surface area contributed by atoms with Gasteiger partial charge in [0.2, 0.25) is 0 Å². The first kappa shape index (κ1) is 24.6. The molecular formula is C27H26N4O5S. The molecule has 0 atom stereocenters. The summed E-state index contributed by atoms with van der Waals surface area (Å²) in [7, 11) is 0. The molecule has 190 valence electrons. The molecule has 4 amide bonds. The third-order valence-electron chi connectivity index (χ3n) is 6.37. The molecule has 9 nitrogen and oxygen atoms in total. The Balaban J connectivity index is 1.17. The summed E-state index contributed by atoms with van der Waals surface area (Å²) >= 11 is 1.37. The Morgan fingerprint density at radius 1 is 1.00 bits per heavy atom. The number of carbonyl (C=O) groups is 4. The zero-order valence-corrected chi connectivity index (χ0v) is 21.3. The molecule has 1 aromatic heterocycles. The summed E-state index contributed by atoms with van der Waals surface area (Å²) in [6.07, 6.45) is 1.53. The molecule has 1 saturated heterocycles. The number of carbonyl (C=O) groups excluding carboxylic acids is 4. The largest absolute Gasteiger partial charge is 0.491 e. The molecule has 2 aliphatic rings. The minimum Gasteiger partial charge on any atom is -0.491 e. The van der Waals surface area contributed by atoms with Crippen molar-refractivity contribution in [2.45, 2.75) is 38.7 Å². The van der Waals surface area contributed by atoms with Gasteiger partial charge in [0, 0.05) is 30.0 Å². The van der Waals surface area contributed by atoms with Crippen molar-refractivity contribution in [2.24, 2.45) is 0 Å². The van der Waals surface area contributed by atoms with Crippen LogP contribution in [0, 0.1) is 0 Å². The van der Waals surface area contributed by atoms with E-state index >= 15 is 0 Å². The molecule has 0 bridgehead atoms. The highest BCUT2D eigenvalue weighted by Gasteiger charge is 2.37. The lowest BCUT2D eigenvalue weighted by Crippen LogP contribution is -2.46. The SMILES string of the molecule is CC(C)Oc1ccc(C(=O)N2CCC(c3nc(C(=O)NN4C(=O)c5ccccc5C4=O)cs3)CC2)cc1. The summed E-state index contributed by atoms with van der Waals surface area (Å²) in [4.78, 5) is 57.0. The van der Waals surface area contributed by atoms with Crippen molar-refractivity contribution < 1.29 is 23.9 Å². The highest BCUT2D eigenvalue weighted by molar-refractivity contribution is 7.09. The first-order valence-electron chi connectivity index (χ1n) is 12.1. The monoisotopic (exact) mass is 518 g/mol. The lowest BCUT2D eigenvalue weighted by molar-refractivity contribution is 0.0516. The minimum atomic E-state index is -0.616. The second-order valence-electron chi connectivity index (χ2n) is 9.26. The number of aromatic nitrogens is 1. The fourth-order valence-corrected chi connectivity index (χ4v) is 5.46. The van der Waals surface area contributed by atoms with Gasteiger partial charge in [-0.05, 0) is 63.1 Å². The van der Waals surface area contributed by atoms with Crippen molar-refractivity contribution in [3.05, 3.63) is 81.3 Å². The molecule has 0 spiro atoms. The normalized spacial score (nSPS) is 15.8. The van der Waals surface area contributed by atoms with Gasteiger partial charge in [0.15, 0.2) is 0 Å². The Labute approximate surface area is 218 Å². The highest BCUT2D eigenvalue weighted by Crippen LogP contribution is 2.31. The number of hydrogen-bond acceptors (Lipinski definition) is 7. The number of imide groups is 1. The topological polar surface area (TPSA) is 109 Å². The van der Waals surface area contributed by atoms with Gasteiger partial charge >= 0.3 is 0 Å². The summed E-state index contributed by atoms with van der Waals surface area (Å²) in [6.45, 7) is 5.08. The average Bonchev–Trinajstić information content (AvgIpc) is 3.49. The summed E-state index contributed by atoms with van der Waals surface area (Å²) in [5.41, 5.74) is 3.68. The van der Waals surface area contributed by atoms with Crippen molar-refractivity contribution in [2.75, 3.05) is 13.1 Å². The summed E-state index contributed by atoms with van der Waals surface area (Å²) in [5.74, 6) is -0.912. The van der Waals surface area contributed by atoms with Gasteiger partial charge in [0.25, 0.3) is 23.6 Å². The molecule has 0 radical (unpaired) electrons. The molecule has 10 heteroatoms. The summed E-state index contributed by atoms with van der Waals surface area (Å²) in [6, 6.07) is 13.6. The van der Waals surface area contributed by atoms with E-state index in [9.17, 15) is 19.2 Å². The number of piperidine rings is 1. The van der Waals surface area contributed by atoms with Gasteiger partial charge in [-0.25, -0.2) is 4.98 Å². The Bertz CT molecular complexity index is 1320. The van der Waals surface area contributed by atoms with E-state index < -0.39 is 17.7 Å². The van der Waals surface area contributed by atoms with Crippen LogP contribution in [0.2, 0.25) is 0 Å². The first-order valence-corrected chi connectivity index (χ1v) is 13.0. The number of nitrogens with zero attached hydrogens (tertiary/aromatic N) is 3. The van der Waals surface area contributed by atoms with Crippen molar-refractivity contribution in [1.82, 2.24) is 20.3 Å². The number of rotatable bonds is 6. The Morgan fingerprint density at radius 3 is 2.22 bits per heavy atom. The van der Waals surface area contributed by atoms with Gasteiger partial charge in [-0.3, -0.25) is 24.6 Å². The predicted octanol–water partition coefficient (Wildman–Crippen LogP) is 3.89. The maximum absolute atomic E-state index is 12.9. The van der Waals surface area contributed by atoms with Crippen LogP contribution in [0.5, 0.6) is 5.75 Å². The molecular weight excluding hydrogens is 492 g/mol. The van der Waals surface area contributed by atoms with Gasteiger partial charge in [0.1, 0.15) is 11.4 Å². The quantitative estimate of drug-likeness (QED) is 0.496. The van der Waals surface area contributed by atoms with E-state index in [0.29, 0.717) is 18.7 Å². The number of amides is 4. The molecule has 0 unspecified atom stereocenters. The molecule has 0 aliphatic carbocycles. The molecule has 1 fully saturated rings. The summed E-state index contributed by atoms with van der Waals surface area (Å²) in [5, 5.41) is 3.16. The molecule has 37 heavy (non-hydrogen) atoms. The van der Waals surface area contributed by atoms with E-state index in [1.807, 2.05) is 30.9 Å². The van der Waals surface area contributed by atoms with E-state index in [1.165, 1.54) is 11.3 Å². The van der Waals surface area contributed by atoms with E-state index in [-0.39, 0.29) is 34.7 Å². The zero-order valence-electron chi connectivity index (χ0n) is 20.5. The van der Waals surface area contributed by atoms with Crippen molar-refractivity contribution in [3.8, 4) is 5.75 Å². The molecule has 2 aliphatic heterocycles. The van der Waals surface area contributed by atoms with Crippen LogP contribution in [0.3, 0.4) is 0 Å². The maximum Gasteiger partial charge on any atom is 0.289 e. The number of nitrogens with one attached hydrogen (secondary N) is 1. The van der Waals surface area contributed by atoms with Crippen LogP contribution in [0.25, 0.3) is 0 Å². The molecule has 0 saturated carbocycles. The third-order valence-corrected chi connectivity index (χ3v) is 7.37. The van der Waals surface area contributed by atoms with Crippen LogP contribution in [0.1, 0.15) is 79.2 Å². The number of likely N-dealkylation sites (tertiary alicyclic amines) is 1. The second kappa shape index (κ2) is 10.1. The Morgan fingerprint density at radius 2 is 1.62 bits per heavy atom. The smallest absolute Gasteiger partial charge is 0.289 e. The van der Waals surface area contributed by atoms with E-state index in [2.05, 4.69) is 10.4 Å². The van der Waals surface area contributed by atoms with Crippen LogP contribution >= 0.6 is 11.3 Å². The fourth-order valence-electron chi connectivity index (χ4n) is 4.49. The number of thiazole rings is 1. The highest BCUT2D eigenvalue weighted by atomic mass is 32.1. The van der Waals surface area contributed by atoms with Crippen LogP contribution in [-0.2, 0) is 0 Å². The van der Waals surface area contributed by atoms with E-state index in [0.717, 1.165) is 28.6 Å². The lowest BCUT2D eigenvalue weighted by atomic mass is 9.97. The van der Waals surface area contributed by atoms with Gasteiger partial charge in [0.05, 0.1) is 22.2 Å². The van der Waals surface area contributed by atoms with Gasteiger partial charge < -0.3 is 9.64 Å². The Hall–Kier alpha value is -4.05. The molecule has 3 aromatic rings. The van der Waals surface area contributed by atoms with Crippen LogP contribution in [0.4, 0.5) is 0 Å². The van der Waals surface area contributed by atoms with E-state index in [4.69, 9.17) is 4.74 Å². The third kappa shape index (κ3) is 4.97. The Kier molecular flexibility index (Phi) is 6.75. The van der Waals surface area contributed by atoms with Crippen LogP contribution in [0.15, 0.2) is 53.9 Å². The average molecular weight is 519 g/mol. The minimum absolute atomic E-state index is 0.0188. The summed E-state index contributed by atoms with van der Waals surface area (Å²) < 4.78 is 5.64. The second-order valence-corrected chi connectivity index (χ2v) is 10.2. The van der Waals surface area contributed by atoms with Crippen molar-refractivity contribution >= 4 is 35.0 Å². The molecule has 2 aromatic carbocycles. The predicted molar refractivity (Wildman–Crippen MR) is 137 cm³/mol. The van der Waals surface area contributed by atoms with Crippen molar-refractivity contribution in [1.29, 1.82) is 0 Å². The standard InChI is InChI=1S/C27H26N4O5S/c1-16(2)36-19-9-7-18(8-10-19)25(33)30-13-11-17(12-14-30)24-28-22(15-37-24)23(32)29-31-26(34)20-5-3-4-6-21(20)27(31)35/h3-10,15-17H,11-14H2,1-2H3,(H,29,32). The molecule has 1 N–H and O–H groups in total. The fraction of sp³-hybridized carbons (Fsp3) is 0.296. The van der Waals surface area contributed by atoms with Gasteiger partial charge in [-0.15, -0.1) is 11.3 Å². The number of benzene rings is 2. The number of hydrazine groups is 1. The van der Waals surface area contributed by atoms with Crippen LogP contribution in [-0.4, -0.2) is 57.7 Å². The molecule has 3 heterocycles. The van der Waals surface area contributed by atoms with Gasteiger partial charge in [-0.2, -0.15) is 5.01 Å². The van der Waals surface area contributed by atoms with E-state index in [1.54, 1.807) is 41.8 Å².